The fourth-order valence-electron chi connectivity index (χ4n) is 3.81. The van der Waals surface area contributed by atoms with Gasteiger partial charge in [-0.2, -0.15) is 4.37 Å². The number of anilines is 1. The van der Waals surface area contributed by atoms with Gasteiger partial charge in [0.1, 0.15) is 5.82 Å². The Kier molecular flexibility index (Phi) is 9.90. The summed E-state index contributed by atoms with van der Waals surface area (Å²) in [4.78, 5) is 21.6. The van der Waals surface area contributed by atoms with E-state index in [1.54, 1.807) is 19.1 Å². The first-order valence-corrected chi connectivity index (χ1v) is 12.7. The van der Waals surface area contributed by atoms with Crippen molar-refractivity contribution in [1.29, 1.82) is 0 Å². The van der Waals surface area contributed by atoms with Gasteiger partial charge >= 0.3 is 0 Å². The van der Waals surface area contributed by atoms with Crippen molar-refractivity contribution in [3.8, 4) is 11.5 Å². The van der Waals surface area contributed by atoms with Crippen LogP contribution in [0.4, 0.5) is 5.13 Å². The van der Waals surface area contributed by atoms with E-state index in [4.69, 9.17) is 14.5 Å². The van der Waals surface area contributed by atoms with Crippen LogP contribution in [0.3, 0.4) is 0 Å². The van der Waals surface area contributed by atoms with Crippen molar-refractivity contribution in [3.63, 3.8) is 0 Å². The molecule has 188 valence electrons. The fraction of sp³-hybridized carbons (Fsp3) is 0.444. The monoisotopic (exact) mass is 496 g/mol. The van der Waals surface area contributed by atoms with E-state index in [0.717, 1.165) is 29.5 Å². The van der Waals surface area contributed by atoms with E-state index in [-0.39, 0.29) is 5.91 Å². The zero-order chi connectivity index (χ0) is 25.2. The van der Waals surface area contributed by atoms with Gasteiger partial charge in [-0.05, 0) is 35.6 Å². The minimum Gasteiger partial charge on any atom is -0.493 e. The van der Waals surface area contributed by atoms with E-state index in [1.165, 1.54) is 17.1 Å². The van der Waals surface area contributed by atoms with Crippen LogP contribution in [-0.2, 0) is 17.6 Å². The third-order valence-electron chi connectivity index (χ3n) is 5.72. The second-order valence-electron chi connectivity index (χ2n) is 9.00. The van der Waals surface area contributed by atoms with Crippen LogP contribution < -0.4 is 14.4 Å². The molecule has 1 heterocycles. The van der Waals surface area contributed by atoms with E-state index in [2.05, 4.69) is 35.3 Å². The fourth-order valence-corrected chi connectivity index (χ4v) is 4.53. The lowest BCUT2D eigenvalue weighted by atomic mass is 10.1. The van der Waals surface area contributed by atoms with Crippen molar-refractivity contribution in [3.05, 3.63) is 65.5 Å². The number of methoxy groups -OCH3 is 2. The highest BCUT2D eigenvalue weighted by Gasteiger charge is 2.17. The minimum absolute atomic E-state index is 0.119. The highest BCUT2D eigenvalue weighted by atomic mass is 32.1. The van der Waals surface area contributed by atoms with Crippen LogP contribution in [-0.4, -0.2) is 61.1 Å². The number of rotatable bonds is 13. The normalized spacial score (nSPS) is 10.9. The molecule has 0 aliphatic heterocycles. The molecule has 8 heteroatoms. The smallest absolute Gasteiger partial charge is 0.224 e. The van der Waals surface area contributed by atoms with E-state index in [0.29, 0.717) is 43.3 Å². The second kappa shape index (κ2) is 13.1. The molecule has 0 N–H and O–H groups in total. The molecule has 0 aliphatic carbocycles. The first-order chi connectivity index (χ1) is 16.9. The molecule has 0 bridgehead atoms. The lowest BCUT2D eigenvalue weighted by Crippen LogP contribution is -2.35. The first-order valence-electron chi connectivity index (χ1n) is 12.0. The molecule has 0 atom stereocenters. The molecule has 3 aromatic rings. The van der Waals surface area contributed by atoms with Gasteiger partial charge in [0, 0.05) is 51.1 Å². The van der Waals surface area contributed by atoms with Crippen LogP contribution in [0.1, 0.15) is 37.2 Å². The summed E-state index contributed by atoms with van der Waals surface area (Å²) in [5.41, 5.74) is 2.29. The summed E-state index contributed by atoms with van der Waals surface area (Å²) in [5, 5.41) is 0.880. The SMILES string of the molecule is COc1ccc(CCN(C)C(=O)CCN(CC(C)C)c2nc(Cc3ccccc3)ns2)cc1OC. The molecule has 0 spiro atoms. The zero-order valence-corrected chi connectivity index (χ0v) is 22.2. The summed E-state index contributed by atoms with van der Waals surface area (Å²) in [6, 6.07) is 16.1. The van der Waals surface area contributed by atoms with Crippen molar-refractivity contribution in [2.45, 2.75) is 33.1 Å². The predicted molar refractivity (Wildman–Crippen MR) is 142 cm³/mol. The van der Waals surface area contributed by atoms with Crippen molar-refractivity contribution in [1.82, 2.24) is 14.3 Å². The number of benzene rings is 2. The zero-order valence-electron chi connectivity index (χ0n) is 21.4. The summed E-state index contributed by atoms with van der Waals surface area (Å²) in [5.74, 6) is 2.80. The van der Waals surface area contributed by atoms with Gasteiger partial charge in [-0.3, -0.25) is 4.79 Å². The molecule has 0 unspecified atom stereocenters. The van der Waals surface area contributed by atoms with E-state index in [1.807, 2.05) is 43.4 Å². The molecule has 0 fully saturated rings. The molecule has 0 saturated carbocycles. The van der Waals surface area contributed by atoms with Gasteiger partial charge in [-0.15, -0.1) is 0 Å². The van der Waals surface area contributed by atoms with Crippen LogP contribution in [0.15, 0.2) is 48.5 Å². The molecular formula is C27H36N4O3S. The lowest BCUT2D eigenvalue weighted by Gasteiger charge is -2.25. The van der Waals surface area contributed by atoms with Gasteiger partial charge in [0.05, 0.1) is 14.2 Å². The van der Waals surface area contributed by atoms with Crippen LogP contribution in [0, 0.1) is 5.92 Å². The molecule has 1 amide bonds. The Bertz CT molecular complexity index is 1070. The van der Waals surface area contributed by atoms with Crippen LogP contribution in [0.25, 0.3) is 0 Å². The molecule has 2 aromatic carbocycles. The molecule has 0 saturated heterocycles. The van der Waals surface area contributed by atoms with Gasteiger partial charge in [0.25, 0.3) is 0 Å². The van der Waals surface area contributed by atoms with Gasteiger partial charge in [0.2, 0.25) is 11.0 Å². The Labute approximate surface area is 212 Å². The van der Waals surface area contributed by atoms with Crippen LogP contribution in [0.2, 0.25) is 0 Å². The summed E-state index contributed by atoms with van der Waals surface area (Å²) in [7, 11) is 5.11. The predicted octanol–water partition coefficient (Wildman–Crippen LogP) is 4.70. The molecule has 7 nitrogen and oxygen atoms in total. The maximum atomic E-state index is 12.9. The standard InChI is InChI=1S/C27H36N4O3S/c1-20(2)19-31(27-28-25(29-35-27)18-21-9-7-6-8-10-21)16-14-26(32)30(3)15-13-22-11-12-23(33-4)24(17-22)34-5/h6-12,17,20H,13-16,18-19H2,1-5H3. The summed E-state index contributed by atoms with van der Waals surface area (Å²) >= 11 is 1.41. The summed E-state index contributed by atoms with van der Waals surface area (Å²) in [6.45, 7) is 6.45. The van der Waals surface area contributed by atoms with Crippen LogP contribution in [0.5, 0.6) is 11.5 Å². The maximum Gasteiger partial charge on any atom is 0.224 e. The van der Waals surface area contributed by atoms with E-state index < -0.39 is 0 Å². The Morgan fingerprint density at radius 2 is 1.74 bits per heavy atom. The van der Waals surface area contributed by atoms with Gasteiger partial charge in [0.15, 0.2) is 11.5 Å². The summed E-state index contributed by atoms with van der Waals surface area (Å²) in [6.07, 6.45) is 1.89. The Balaban J connectivity index is 1.55. The third kappa shape index (κ3) is 7.96. The maximum absolute atomic E-state index is 12.9. The number of amides is 1. The van der Waals surface area contributed by atoms with Crippen molar-refractivity contribution in [2.75, 3.05) is 45.8 Å². The Morgan fingerprint density at radius 3 is 2.43 bits per heavy atom. The number of aromatic nitrogens is 2. The molecule has 0 radical (unpaired) electrons. The highest BCUT2D eigenvalue weighted by molar-refractivity contribution is 7.09. The Morgan fingerprint density at radius 1 is 1.00 bits per heavy atom. The van der Waals surface area contributed by atoms with Crippen molar-refractivity contribution < 1.29 is 14.3 Å². The lowest BCUT2D eigenvalue weighted by molar-refractivity contribution is -0.129. The topological polar surface area (TPSA) is 67.8 Å². The number of carbonyl (C=O) groups is 1. The average molecular weight is 497 g/mol. The Hall–Kier alpha value is -3.13. The average Bonchev–Trinajstić information content (AvgIpc) is 3.33. The number of nitrogens with zero attached hydrogens (tertiary/aromatic N) is 4. The minimum atomic E-state index is 0.119. The van der Waals surface area contributed by atoms with Gasteiger partial charge in [-0.25, -0.2) is 4.98 Å². The van der Waals surface area contributed by atoms with Crippen molar-refractivity contribution in [2.24, 2.45) is 5.92 Å². The number of carbonyl (C=O) groups excluding carboxylic acids is 1. The third-order valence-corrected chi connectivity index (χ3v) is 6.54. The molecule has 35 heavy (non-hydrogen) atoms. The van der Waals surface area contributed by atoms with Crippen LogP contribution >= 0.6 is 11.5 Å². The second-order valence-corrected chi connectivity index (χ2v) is 9.73. The van der Waals surface area contributed by atoms with Crippen molar-refractivity contribution >= 4 is 22.6 Å². The van der Waals surface area contributed by atoms with E-state index >= 15 is 0 Å². The number of ether oxygens (including phenoxy) is 2. The quantitative estimate of drug-likeness (QED) is 0.342. The molecular weight excluding hydrogens is 460 g/mol. The van der Waals surface area contributed by atoms with Gasteiger partial charge < -0.3 is 19.3 Å². The van der Waals surface area contributed by atoms with Gasteiger partial charge in [-0.1, -0.05) is 50.2 Å². The summed E-state index contributed by atoms with van der Waals surface area (Å²) < 4.78 is 15.3. The molecule has 3 rings (SSSR count). The number of hydrogen-bond acceptors (Lipinski definition) is 7. The number of likely N-dealkylation sites (N-methyl/N-ethyl adjacent to an activating group) is 1. The van der Waals surface area contributed by atoms with E-state index in [9.17, 15) is 4.79 Å². The molecule has 1 aromatic heterocycles. The largest absolute Gasteiger partial charge is 0.493 e. The highest BCUT2D eigenvalue weighted by Crippen LogP contribution is 2.27. The first kappa shape index (κ1) is 26.5. The molecule has 0 aliphatic rings. The number of hydrogen-bond donors (Lipinski definition) is 0.